The van der Waals surface area contributed by atoms with Crippen LogP contribution < -0.4 is 34.5 Å². The van der Waals surface area contributed by atoms with Gasteiger partial charge in [0.2, 0.25) is 5.75 Å². The van der Waals surface area contributed by atoms with Crippen molar-refractivity contribution >= 4 is 17.6 Å². The van der Waals surface area contributed by atoms with E-state index >= 15 is 0 Å². The second-order valence-electron chi connectivity index (χ2n) is 10.7. The number of ether oxygens (including phenoxy) is 4. The largest absolute Gasteiger partial charge is 0.496 e. The fraction of sp³-hybridized carbons (Fsp3) is 0.406. The number of nitrogens with zero attached hydrogens (tertiary/aromatic N) is 2. The summed E-state index contributed by atoms with van der Waals surface area (Å²) in [6.07, 6.45) is 5.43. The first-order valence-corrected chi connectivity index (χ1v) is 14.1. The van der Waals surface area contributed by atoms with Crippen LogP contribution in [0.5, 0.6) is 23.0 Å². The van der Waals surface area contributed by atoms with Crippen LogP contribution >= 0.6 is 0 Å². The molecule has 3 aromatic rings. The van der Waals surface area contributed by atoms with Crippen LogP contribution in [0.3, 0.4) is 0 Å². The van der Waals surface area contributed by atoms with Crippen molar-refractivity contribution in [3.8, 4) is 23.0 Å². The van der Waals surface area contributed by atoms with Crippen molar-refractivity contribution in [2.24, 2.45) is 0 Å². The molecule has 2 aliphatic heterocycles. The molecule has 10 heteroatoms. The minimum Gasteiger partial charge on any atom is -0.496 e. The summed E-state index contributed by atoms with van der Waals surface area (Å²) in [6, 6.07) is 13.6. The Kier molecular flexibility index (Phi) is 8.70. The van der Waals surface area contributed by atoms with E-state index in [2.05, 4.69) is 20.5 Å². The van der Waals surface area contributed by atoms with Crippen LogP contribution in [-0.4, -0.2) is 63.4 Å². The van der Waals surface area contributed by atoms with Gasteiger partial charge in [0, 0.05) is 42.0 Å². The molecule has 0 radical (unpaired) electrons. The number of hydrogen-bond acceptors (Lipinski definition) is 8. The average molecular weight is 575 g/mol. The molecule has 0 spiro atoms. The summed E-state index contributed by atoms with van der Waals surface area (Å²) >= 11 is 0. The molecule has 2 fully saturated rings. The van der Waals surface area contributed by atoms with Crippen LogP contribution in [0.2, 0.25) is 0 Å². The van der Waals surface area contributed by atoms with Crippen molar-refractivity contribution in [3.05, 3.63) is 70.9 Å². The number of aromatic nitrogens is 1. The number of amides is 2. The maximum atomic E-state index is 13.1. The third-order valence-corrected chi connectivity index (χ3v) is 8.27. The SMILES string of the molecule is COc1cccc(C(=O)N[C@H]2C[C@H]3CC[C@@H](C2)N3c2ccc(C(=O)NCc3cc(OC)c(OC)c(OC)c3)cn2)c1C. The first-order valence-electron chi connectivity index (χ1n) is 14.1. The molecule has 5 rings (SSSR count). The summed E-state index contributed by atoms with van der Waals surface area (Å²) in [6.45, 7) is 2.19. The first-order chi connectivity index (χ1) is 20.4. The van der Waals surface area contributed by atoms with Crippen LogP contribution in [0.15, 0.2) is 48.7 Å². The van der Waals surface area contributed by atoms with Gasteiger partial charge in [0.25, 0.3) is 11.8 Å². The molecule has 2 N–H and O–H groups in total. The van der Waals surface area contributed by atoms with E-state index in [0.29, 0.717) is 34.1 Å². The van der Waals surface area contributed by atoms with Gasteiger partial charge in [0.05, 0.1) is 34.0 Å². The highest BCUT2D eigenvalue weighted by molar-refractivity contribution is 5.96. The van der Waals surface area contributed by atoms with Gasteiger partial charge in [0.15, 0.2) is 11.5 Å². The molecule has 222 valence electrons. The van der Waals surface area contributed by atoms with E-state index < -0.39 is 0 Å². The Morgan fingerprint density at radius 3 is 2.12 bits per heavy atom. The van der Waals surface area contributed by atoms with Gasteiger partial charge in [-0.3, -0.25) is 9.59 Å². The van der Waals surface area contributed by atoms with Crippen molar-refractivity contribution in [3.63, 3.8) is 0 Å². The number of methoxy groups -OCH3 is 4. The number of carbonyl (C=O) groups excluding carboxylic acids is 2. The summed E-state index contributed by atoms with van der Waals surface area (Å²) in [4.78, 5) is 33.0. The fourth-order valence-corrected chi connectivity index (χ4v) is 6.21. The minimum atomic E-state index is -0.222. The highest BCUT2D eigenvalue weighted by Crippen LogP contribution is 2.39. The van der Waals surface area contributed by atoms with Gasteiger partial charge < -0.3 is 34.5 Å². The monoisotopic (exact) mass is 574 g/mol. The standard InChI is InChI=1S/C32H38N4O6/c1-19-25(7-6-8-26(19)39-2)32(38)35-22-15-23-10-11-24(16-22)36(23)29-12-9-21(18-33-29)31(37)34-17-20-13-27(40-3)30(42-5)28(14-20)41-4/h6-9,12-14,18,22-24H,10-11,15-17H2,1-5H3,(H,34,37)(H,35,38)/t22-,23+,24-. The Hall–Kier alpha value is -4.47. The zero-order chi connectivity index (χ0) is 29.8. The van der Waals surface area contributed by atoms with E-state index in [-0.39, 0.29) is 36.5 Å². The van der Waals surface area contributed by atoms with Crippen molar-refractivity contribution < 1.29 is 28.5 Å². The highest BCUT2D eigenvalue weighted by Gasteiger charge is 2.42. The number of benzene rings is 2. The Labute approximate surface area is 246 Å². The summed E-state index contributed by atoms with van der Waals surface area (Å²) < 4.78 is 21.6. The topological polar surface area (TPSA) is 111 Å². The molecule has 0 aliphatic carbocycles. The van der Waals surface area contributed by atoms with Gasteiger partial charge in [-0.15, -0.1) is 0 Å². The van der Waals surface area contributed by atoms with E-state index in [1.807, 2.05) is 49.4 Å². The molecule has 2 amide bonds. The summed E-state index contributed by atoms with van der Waals surface area (Å²) in [5.74, 6) is 2.84. The average Bonchev–Trinajstić information content (AvgIpc) is 3.28. The van der Waals surface area contributed by atoms with Gasteiger partial charge in [-0.2, -0.15) is 0 Å². The smallest absolute Gasteiger partial charge is 0.253 e. The lowest BCUT2D eigenvalue weighted by molar-refractivity contribution is 0.0923. The molecule has 3 heterocycles. The molecular formula is C32H38N4O6. The van der Waals surface area contributed by atoms with Crippen LogP contribution in [0, 0.1) is 6.92 Å². The normalized spacial score (nSPS) is 19.2. The number of rotatable bonds is 10. The van der Waals surface area contributed by atoms with E-state index in [0.717, 1.165) is 42.6 Å². The number of carbonyl (C=O) groups is 2. The van der Waals surface area contributed by atoms with Crippen molar-refractivity contribution in [2.75, 3.05) is 33.3 Å². The van der Waals surface area contributed by atoms with Crippen molar-refractivity contribution in [1.82, 2.24) is 15.6 Å². The van der Waals surface area contributed by atoms with Gasteiger partial charge in [-0.05, 0) is 74.6 Å². The number of piperidine rings is 1. The molecule has 1 aromatic heterocycles. The van der Waals surface area contributed by atoms with Gasteiger partial charge in [-0.25, -0.2) is 4.98 Å². The second kappa shape index (κ2) is 12.6. The molecule has 2 bridgehead atoms. The Balaban J connectivity index is 1.20. The van der Waals surface area contributed by atoms with E-state index in [1.165, 1.54) is 0 Å². The van der Waals surface area contributed by atoms with E-state index in [4.69, 9.17) is 18.9 Å². The minimum absolute atomic E-state index is 0.0655. The summed E-state index contributed by atoms with van der Waals surface area (Å²) in [5, 5.41) is 6.20. The molecule has 0 saturated carbocycles. The maximum Gasteiger partial charge on any atom is 0.253 e. The van der Waals surface area contributed by atoms with Gasteiger partial charge in [0.1, 0.15) is 11.6 Å². The lowest BCUT2D eigenvalue weighted by Gasteiger charge is -2.40. The molecule has 0 unspecified atom stereocenters. The third-order valence-electron chi connectivity index (χ3n) is 8.27. The number of nitrogens with one attached hydrogen (secondary N) is 2. The Bertz CT molecular complexity index is 1400. The van der Waals surface area contributed by atoms with Crippen molar-refractivity contribution in [1.29, 1.82) is 0 Å². The van der Waals surface area contributed by atoms with Gasteiger partial charge >= 0.3 is 0 Å². The van der Waals surface area contributed by atoms with Crippen LogP contribution in [0.1, 0.15) is 57.5 Å². The van der Waals surface area contributed by atoms with Crippen LogP contribution in [-0.2, 0) is 6.54 Å². The Morgan fingerprint density at radius 1 is 0.881 bits per heavy atom. The first kappa shape index (κ1) is 29.0. The lowest BCUT2D eigenvalue weighted by Crippen LogP contribution is -2.50. The van der Waals surface area contributed by atoms with E-state index in [9.17, 15) is 9.59 Å². The van der Waals surface area contributed by atoms with Crippen LogP contribution in [0.25, 0.3) is 0 Å². The highest BCUT2D eigenvalue weighted by atomic mass is 16.5. The van der Waals surface area contributed by atoms with Crippen molar-refractivity contribution in [2.45, 2.75) is 57.3 Å². The molecule has 3 atom stereocenters. The maximum absolute atomic E-state index is 13.1. The van der Waals surface area contributed by atoms with Crippen LogP contribution in [0.4, 0.5) is 5.82 Å². The quantitative estimate of drug-likeness (QED) is 0.369. The Morgan fingerprint density at radius 2 is 1.55 bits per heavy atom. The zero-order valence-corrected chi connectivity index (χ0v) is 24.7. The fourth-order valence-electron chi connectivity index (χ4n) is 6.21. The number of anilines is 1. The third kappa shape index (κ3) is 5.79. The molecule has 2 aliphatic rings. The predicted octanol–water partition coefficient (Wildman–Crippen LogP) is 4.28. The van der Waals surface area contributed by atoms with E-state index in [1.54, 1.807) is 34.6 Å². The lowest BCUT2D eigenvalue weighted by atomic mass is 9.96. The van der Waals surface area contributed by atoms with Gasteiger partial charge in [-0.1, -0.05) is 6.07 Å². The molecular weight excluding hydrogens is 536 g/mol. The number of fused-ring (bicyclic) bond motifs is 2. The number of hydrogen-bond donors (Lipinski definition) is 2. The molecule has 10 nitrogen and oxygen atoms in total. The zero-order valence-electron chi connectivity index (χ0n) is 24.7. The molecule has 2 saturated heterocycles. The summed E-state index contributed by atoms with van der Waals surface area (Å²) in [5.41, 5.74) is 2.78. The summed E-state index contributed by atoms with van der Waals surface area (Å²) in [7, 11) is 6.28. The second-order valence-corrected chi connectivity index (χ2v) is 10.7. The molecule has 42 heavy (non-hydrogen) atoms. The molecule has 2 aromatic carbocycles. The number of pyridine rings is 1. The predicted molar refractivity (Wildman–Crippen MR) is 159 cm³/mol.